The number of hydrogen-bond donors (Lipinski definition) is 0. The minimum atomic E-state index is -2.93. The molecule has 0 aliphatic carbocycles. The molecule has 12 heavy (non-hydrogen) atoms. The molecule has 0 heterocycles. The molecule has 0 saturated heterocycles. The molecular formula is C9H11FOTi. The molecule has 1 aromatic rings. The summed E-state index contributed by atoms with van der Waals surface area (Å²) in [4.78, 5) is 3.27. The zero-order chi connectivity index (χ0) is 9.14. The van der Waals surface area contributed by atoms with Crippen LogP contribution in [0.1, 0.15) is 11.1 Å². The van der Waals surface area contributed by atoms with Crippen molar-refractivity contribution in [3.8, 4) is 5.75 Å². The molecule has 0 unspecified atom stereocenters. The molecule has 3 heteroatoms. The average Bonchev–Trinajstić information content (AvgIpc) is 1.81. The topological polar surface area (TPSA) is 9.23 Å². The molecule has 1 nitrogen and oxygen atoms in total. The van der Waals surface area contributed by atoms with Gasteiger partial charge < -0.3 is 0 Å². The zero-order valence-electron chi connectivity index (χ0n) is 7.23. The van der Waals surface area contributed by atoms with Crippen LogP contribution in [-0.2, 0) is 18.3 Å². The van der Waals surface area contributed by atoms with Gasteiger partial charge in [0.1, 0.15) is 0 Å². The van der Waals surface area contributed by atoms with E-state index in [0.29, 0.717) is 5.75 Å². The van der Waals surface area contributed by atoms with E-state index in [-0.39, 0.29) is 0 Å². The van der Waals surface area contributed by atoms with Gasteiger partial charge in [-0.1, -0.05) is 0 Å². The van der Waals surface area contributed by atoms with Gasteiger partial charge in [0, 0.05) is 0 Å². The summed E-state index contributed by atoms with van der Waals surface area (Å²) in [6, 6.07) is 5.67. The van der Waals surface area contributed by atoms with Gasteiger partial charge in [0.25, 0.3) is 0 Å². The van der Waals surface area contributed by atoms with E-state index in [9.17, 15) is 3.09 Å². The third-order valence-corrected chi connectivity index (χ3v) is 2.14. The number of rotatable bonds is 2. The van der Waals surface area contributed by atoms with Gasteiger partial charge >= 0.3 is 78.5 Å². The van der Waals surface area contributed by atoms with Gasteiger partial charge in [0.2, 0.25) is 0 Å². The molecule has 1 aromatic carbocycles. The van der Waals surface area contributed by atoms with E-state index in [4.69, 9.17) is 3.32 Å². The second kappa shape index (κ2) is 3.97. The Labute approximate surface area is 78.7 Å². The van der Waals surface area contributed by atoms with Gasteiger partial charge in [-0.05, 0) is 0 Å². The van der Waals surface area contributed by atoms with Crippen LogP contribution in [0.3, 0.4) is 0 Å². The van der Waals surface area contributed by atoms with Gasteiger partial charge in [0.05, 0.1) is 0 Å². The summed E-state index contributed by atoms with van der Waals surface area (Å²) in [5.74, 6) is 0.611. The Kier molecular flexibility index (Phi) is 3.18. The number of hydrogen-bond acceptors (Lipinski definition) is 1. The van der Waals surface area contributed by atoms with E-state index in [2.05, 4.69) is 4.82 Å². The maximum absolute atomic E-state index is 12.5. The summed E-state index contributed by atoms with van der Waals surface area (Å²) in [5, 5.41) is 0. The summed E-state index contributed by atoms with van der Waals surface area (Å²) in [7, 11) is 0. The monoisotopic (exact) mass is 202 g/mol. The van der Waals surface area contributed by atoms with Crippen LogP contribution < -0.4 is 3.32 Å². The Morgan fingerprint density at radius 1 is 1.25 bits per heavy atom. The van der Waals surface area contributed by atoms with E-state index in [0.717, 1.165) is 11.1 Å². The fourth-order valence-corrected chi connectivity index (χ4v) is 1.70. The van der Waals surface area contributed by atoms with E-state index >= 15 is 0 Å². The second-order valence-corrected chi connectivity index (χ2v) is 4.21. The van der Waals surface area contributed by atoms with Crippen molar-refractivity contribution in [2.45, 2.75) is 13.8 Å². The van der Waals surface area contributed by atoms with Crippen molar-refractivity contribution in [2.75, 3.05) is 0 Å². The predicted molar refractivity (Wildman–Crippen MR) is 44.8 cm³/mol. The molecule has 0 amide bonds. The van der Waals surface area contributed by atoms with Crippen molar-refractivity contribution in [3.63, 3.8) is 0 Å². The first-order valence-electron chi connectivity index (χ1n) is 3.68. The van der Waals surface area contributed by atoms with Crippen LogP contribution in [0.2, 0.25) is 0 Å². The van der Waals surface area contributed by atoms with Crippen molar-refractivity contribution in [3.05, 3.63) is 29.3 Å². The van der Waals surface area contributed by atoms with Crippen LogP contribution in [0.25, 0.3) is 0 Å². The van der Waals surface area contributed by atoms with Crippen LogP contribution in [0.15, 0.2) is 18.2 Å². The third-order valence-electron chi connectivity index (χ3n) is 1.42. The standard InChI is InChI=1S/C8H10O.CH2.FH.Ti/c1-6-3-7(2)5-8(9)4-6;;;/h3-5,9H,1-2H3;1H2;1H;/q;;;+2/p-2. The fourth-order valence-electron chi connectivity index (χ4n) is 1.12. The molecule has 0 saturated carbocycles. The molecule has 0 radical (unpaired) electrons. The first-order valence-corrected chi connectivity index (χ1v) is 6.01. The molecule has 0 fully saturated rings. The van der Waals surface area contributed by atoms with E-state index in [1.165, 1.54) is 0 Å². The molecular weight excluding hydrogens is 191 g/mol. The molecule has 0 bridgehead atoms. The van der Waals surface area contributed by atoms with Crippen molar-refractivity contribution in [1.82, 2.24) is 0 Å². The summed E-state index contributed by atoms with van der Waals surface area (Å²) in [5.41, 5.74) is 2.17. The fraction of sp³-hybridized carbons (Fsp3) is 0.222. The van der Waals surface area contributed by atoms with Crippen LogP contribution in [0.5, 0.6) is 5.75 Å². The molecule has 64 valence electrons. The number of halogens is 1. The number of benzene rings is 1. The van der Waals surface area contributed by atoms with Crippen molar-refractivity contribution in [2.24, 2.45) is 0 Å². The summed E-state index contributed by atoms with van der Waals surface area (Å²) < 4.78 is 17.4. The Hall–Kier alpha value is -0.466. The van der Waals surface area contributed by atoms with Crippen LogP contribution in [0, 0.1) is 13.8 Å². The predicted octanol–water partition coefficient (Wildman–Crippen LogP) is 2.53. The SMILES string of the molecule is [CH2]=[Ti]([F])[O]c1cc(C)cc(C)c1. The quantitative estimate of drug-likeness (QED) is 0.669. The van der Waals surface area contributed by atoms with Gasteiger partial charge in [-0.3, -0.25) is 0 Å². The van der Waals surface area contributed by atoms with Gasteiger partial charge in [-0.2, -0.15) is 0 Å². The van der Waals surface area contributed by atoms with Crippen LogP contribution >= 0.6 is 0 Å². The average molecular weight is 202 g/mol. The molecule has 0 N–H and O–H groups in total. The maximum atomic E-state index is 12.5. The molecule has 1 rings (SSSR count). The molecule has 0 aliphatic rings. The summed E-state index contributed by atoms with van der Waals surface area (Å²) in [6.07, 6.45) is 0. The van der Waals surface area contributed by atoms with Gasteiger partial charge in [0.15, 0.2) is 0 Å². The van der Waals surface area contributed by atoms with Crippen molar-refractivity contribution >= 4 is 4.82 Å². The minimum absolute atomic E-state index is 0.611. The van der Waals surface area contributed by atoms with Crippen molar-refractivity contribution < 1.29 is 24.7 Å². The first kappa shape index (κ1) is 9.62. The summed E-state index contributed by atoms with van der Waals surface area (Å²) >= 11 is -2.93. The molecule has 0 atom stereocenters. The van der Waals surface area contributed by atoms with Gasteiger partial charge in [-0.25, -0.2) is 0 Å². The van der Waals surface area contributed by atoms with Crippen LogP contribution in [-0.4, -0.2) is 4.82 Å². The number of aryl methyl sites for hydroxylation is 2. The Morgan fingerprint density at radius 3 is 2.17 bits per heavy atom. The van der Waals surface area contributed by atoms with Crippen molar-refractivity contribution in [1.29, 1.82) is 0 Å². The first-order chi connectivity index (χ1) is 5.58. The Balaban J connectivity index is 2.93. The van der Waals surface area contributed by atoms with Crippen LogP contribution in [0.4, 0.5) is 3.09 Å². The normalized spacial score (nSPS) is 9.58. The molecule has 0 spiro atoms. The Bertz CT molecular complexity index is 289. The summed E-state index contributed by atoms with van der Waals surface area (Å²) in [6.45, 7) is 3.92. The Morgan fingerprint density at radius 2 is 1.75 bits per heavy atom. The van der Waals surface area contributed by atoms with Gasteiger partial charge in [-0.15, -0.1) is 0 Å². The van der Waals surface area contributed by atoms with E-state index in [1.807, 2.05) is 32.0 Å². The zero-order valence-corrected chi connectivity index (χ0v) is 8.79. The molecule has 0 aliphatic heterocycles. The van der Waals surface area contributed by atoms with E-state index < -0.39 is 18.3 Å². The second-order valence-electron chi connectivity index (χ2n) is 2.78. The van der Waals surface area contributed by atoms with E-state index in [1.54, 1.807) is 0 Å². The third kappa shape index (κ3) is 2.88. The molecule has 0 aromatic heterocycles.